The topological polar surface area (TPSA) is 37.8 Å². The summed E-state index contributed by atoms with van der Waals surface area (Å²) in [5.74, 6) is 0.814. The molecule has 0 radical (unpaired) electrons. The molecule has 0 unspecified atom stereocenters. The van der Waals surface area contributed by atoms with Gasteiger partial charge in [-0.05, 0) is 45.6 Å². The molecule has 1 N–H and O–H groups in total. The van der Waals surface area contributed by atoms with E-state index in [-0.39, 0.29) is 0 Å². The van der Waals surface area contributed by atoms with Gasteiger partial charge in [-0.1, -0.05) is 12.1 Å². The van der Waals surface area contributed by atoms with Crippen LogP contribution in [0.2, 0.25) is 0 Å². The quantitative estimate of drug-likeness (QED) is 0.773. The van der Waals surface area contributed by atoms with E-state index in [4.69, 9.17) is 0 Å². The van der Waals surface area contributed by atoms with Gasteiger partial charge in [0, 0.05) is 34.1 Å². The van der Waals surface area contributed by atoms with Crippen molar-refractivity contribution < 1.29 is 0 Å². The molecule has 0 saturated carbocycles. The summed E-state index contributed by atoms with van der Waals surface area (Å²) in [6.07, 6.45) is 5.42. The van der Waals surface area contributed by atoms with Gasteiger partial charge in [0.25, 0.3) is 0 Å². The van der Waals surface area contributed by atoms with Gasteiger partial charge in [0.15, 0.2) is 0 Å². The van der Waals surface area contributed by atoms with Crippen molar-refractivity contribution in [3.05, 3.63) is 59.5 Å². The van der Waals surface area contributed by atoms with Crippen LogP contribution >= 0.6 is 15.9 Å². The predicted molar refractivity (Wildman–Crippen MR) is 77.0 cm³/mol. The van der Waals surface area contributed by atoms with Crippen LogP contribution < -0.4 is 5.32 Å². The molecule has 3 rings (SSSR count). The summed E-state index contributed by atoms with van der Waals surface area (Å²) in [6.45, 7) is 0. The van der Waals surface area contributed by atoms with Crippen molar-refractivity contribution >= 4 is 38.2 Å². The SMILES string of the molecule is Brc1ccc(Nc2cccc3ccncc23)nc1. The Morgan fingerprint density at radius 1 is 1.00 bits per heavy atom. The lowest BCUT2D eigenvalue weighted by atomic mass is 10.1. The van der Waals surface area contributed by atoms with E-state index in [1.807, 2.05) is 36.5 Å². The Morgan fingerprint density at radius 3 is 2.78 bits per heavy atom. The number of benzene rings is 1. The van der Waals surface area contributed by atoms with Crippen molar-refractivity contribution in [2.45, 2.75) is 0 Å². The average molecular weight is 300 g/mol. The van der Waals surface area contributed by atoms with Crippen LogP contribution in [0.5, 0.6) is 0 Å². The molecule has 4 heteroatoms. The fraction of sp³-hybridized carbons (Fsp3) is 0. The van der Waals surface area contributed by atoms with E-state index in [9.17, 15) is 0 Å². The minimum Gasteiger partial charge on any atom is -0.340 e. The number of hydrogen-bond acceptors (Lipinski definition) is 3. The van der Waals surface area contributed by atoms with Gasteiger partial charge in [-0.25, -0.2) is 4.98 Å². The lowest BCUT2D eigenvalue weighted by Gasteiger charge is -2.08. The van der Waals surface area contributed by atoms with Crippen LogP contribution in [0.3, 0.4) is 0 Å². The number of halogens is 1. The van der Waals surface area contributed by atoms with Crippen LogP contribution in [0.15, 0.2) is 59.5 Å². The number of anilines is 2. The molecule has 0 atom stereocenters. The third kappa shape index (κ3) is 2.19. The standard InChI is InChI=1S/C14H10BrN3/c15-11-4-5-14(17-8-11)18-13-3-1-2-10-6-7-16-9-12(10)13/h1-9H,(H,17,18). The highest BCUT2D eigenvalue weighted by Gasteiger charge is 2.01. The molecule has 1 aromatic carbocycles. The Labute approximate surface area is 113 Å². The average Bonchev–Trinajstić information content (AvgIpc) is 2.42. The molecule has 3 aromatic rings. The number of nitrogens with one attached hydrogen (secondary N) is 1. The Hall–Kier alpha value is -1.94. The maximum absolute atomic E-state index is 4.30. The van der Waals surface area contributed by atoms with E-state index >= 15 is 0 Å². The van der Waals surface area contributed by atoms with Gasteiger partial charge in [0.1, 0.15) is 5.82 Å². The summed E-state index contributed by atoms with van der Waals surface area (Å²) in [7, 11) is 0. The zero-order valence-electron chi connectivity index (χ0n) is 9.47. The van der Waals surface area contributed by atoms with Crippen LogP contribution in [0.25, 0.3) is 10.8 Å². The van der Waals surface area contributed by atoms with E-state index in [0.29, 0.717) is 0 Å². The molecule has 0 spiro atoms. The highest BCUT2D eigenvalue weighted by atomic mass is 79.9. The first-order valence-electron chi connectivity index (χ1n) is 5.54. The van der Waals surface area contributed by atoms with Gasteiger partial charge in [-0.3, -0.25) is 4.98 Å². The smallest absolute Gasteiger partial charge is 0.130 e. The normalized spacial score (nSPS) is 10.5. The van der Waals surface area contributed by atoms with E-state index in [1.165, 1.54) is 0 Å². The van der Waals surface area contributed by atoms with E-state index < -0.39 is 0 Å². The molecule has 2 aromatic heterocycles. The largest absolute Gasteiger partial charge is 0.340 e. The number of pyridine rings is 2. The van der Waals surface area contributed by atoms with Crippen molar-refractivity contribution in [1.29, 1.82) is 0 Å². The zero-order valence-corrected chi connectivity index (χ0v) is 11.1. The Balaban J connectivity index is 2.02. The third-order valence-electron chi connectivity index (χ3n) is 2.67. The van der Waals surface area contributed by atoms with Gasteiger partial charge in [0.2, 0.25) is 0 Å². The number of fused-ring (bicyclic) bond motifs is 1. The van der Waals surface area contributed by atoms with Crippen molar-refractivity contribution in [3.8, 4) is 0 Å². The highest BCUT2D eigenvalue weighted by Crippen LogP contribution is 2.25. The fourth-order valence-corrected chi connectivity index (χ4v) is 2.04. The Morgan fingerprint density at radius 2 is 1.94 bits per heavy atom. The molecule has 88 valence electrons. The van der Waals surface area contributed by atoms with Crippen LogP contribution in [0.1, 0.15) is 0 Å². The molecule has 0 fully saturated rings. The molecule has 0 saturated heterocycles. The maximum atomic E-state index is 4.30. The molecule has 0 aliphatic rings. The van der Waals surface area contributed by atoms with Crippen molar-refractivity contribution in [1.82, 2.24) is 9.97 Å². The molecular formula is C14H10BrN3. The summed E-state index contributed by atoms with van der Waals surface area (Å²) in [6, 6.07) is 12.0. The second kappa shape index (κ2) is 4.74. The van der Waals surface area contributed by atoms with Crippen molar-refractivity contribution in [2.24, 2.45) is 0 Å². The third-order valence-corrected chi connectivity index (χ3v) is 3.14. The Bertz CT molecular complexity index is 675. The van der Waals surface area contributed by atoms with E-state index in [2.05, 4.69) is 37.3 Å². The van der Waals surface area contributed by atoms with Crippen LogP contribution in [0, 0.1) is 0 Å². The van der Waals surface area contributed by atoms with Gasteiger partial charge in [-0.2, -0.15) is 0 Å². The summed E-state index contributed by atoms with van der Waals surface area (Å²) < 4.78 is 0.965. The van der Waals surface area contributed by atoms with Crippen LogP contribution in [-0.4, -0.2) is 9.97 Å². The lowest BCUT2D eigenvalue weighted by molar-refractivity contribution is 1.29. The summed E-state index contributed by atoms with van der Waals surface area (Å²) >= 11 is 3.37. The lowest BCUT2D eigenvalue weighted by Crippen LogP contribution is -1.94. The summed E-state index contributed by atoms with van der Waals surface area (Å²) in [4.78, 5) is 8.46. The molecule has 0 amide bonds. The Kier molecular flexibility index (Phi) is 2.94. The molecule has 3 nitrogen and oxygen atoms in total. The predicted octanol–water partition coefficient (Wildman–Crippen LogP) is 4.14. The minimum absolute atomic E-state index is 0.814. The van der Waals surface area contributed by atoms with Gasteiger partial charge in [0.05, 0.1) is 0 Å². The minimum atomic E-state index is 0.814. The van der Waals surface area contributed by atoms with E-state index in [1.54, 1.807) is 12.4 Å². The van der Waals surface area contributed by atoms with Gasteiger partial charge in [-0.15, -0.1) is 0 Å². The maximum Gasteiger partial charge on any atom is 0.130 e. The van der Waals surface area contributed by atoms with E-state index in [0.717, 1.165) is 26.8 Å². The molecule has 0 aliphatic heterocycles. The van der Waals surface area contributed by atoms with Crippen LogP contribution in [0.4, 0.5) is 11.5 Å². The molecule has 0 bridgehead atoms. The number of aromatic nitrogens is 2. The summed E-state index contributed by atoms with van der Waals surface area (Å²) in [5.41, 5.74) is 1.01. The zero-order chi connectivity index (χ0) is 12.4. The second-order valence-corrected chi connectivity index (χ2v) is 4.80. The molecule has 2 heterocycles. The first-order chi connectivity index (χ1) is 8.83. The van der Waals surface area contributed by atoms with Crippen molar-refractivity contribution in [2.75, 3.05) is 5.32 Å². The van der Waals surface area contributed by atoms with Gasteiger partial charge >= 0.3 is 0 Å². The van der Waals surface area contributed by atoms with Crippen LogP contribution in [-0.2, 0) is 0 Å². The number of nitrogens with zero attached hydrogens (tertiary/aromatic N) is 2. The van der Waals surface area contributed by atoms with Crippen molar-refractivity contribution in [3.63, 3.8) is 0 Å². The second-order valence-electron chi connectivity index (χ2n) is 3.89. The molecule has 18 heavy (non-hydrogen) atoms. The fourth-order valence-electron chi connectivity index (χ4n) is 1.81. The summed E-state index contributed by atoms with van der Waals surface area (Å²) in [5, 5.41) is 5.55. The monoisotopic (exact) mass is 299 g/mol. The highest BCUT2D eigenvalue weighted by molar-refractivity contribution is 9.10. The first-order valence-corrected chi connectivity index (χ1v) is 6.33. The first kappa shape index (κ1) is 11.2. The number of rotatable bonds is 2. The number of hydrogen-bond donors (Lipinski definition) is 1. The molecule has 0 aliphatic carbocycles. The van der Waals surface area contributed by atoms with Gasteiger partial charge < -0.3 is 5.32 Å². The molecular weight excluding hydrogens is 290 g/mol.